The van der Waals surface area contributed by atoms with E-state index in [-0.39, 0.29) is 6.04 Å². The monoisotopic (exact) mass is 447 g/mol. The summed E-state index contributed by atoms with van der Waals surface area (Å²) in [5.41, 5.74) is 0. The molecule has 0 aromatic carbocycles. The van der Waals surface area contributed by atoms with Crippen LogP contribution in [0.2, 0.25) is 0 Å². The number of morpholine rings is 1. The van der Waals surface area contributed by atoms with Gasteiger partial charge in [0.1, 0.15) is 12.4 Å². The number of methoxy groups -OCH3 is 1. The summed E-state index contributed by atoms with van der Waals surface area (Å²) in [5.74, 6) is 2.62. The van der Waals surface area contributed by atoms with Crippen molar-refractivity contribution in [1.82, 2.24) is 30.3 Å². The molecule has 2 atom stereocenters. The summed E-state index contributed by atoms with van der Waals surface area (Å²) in [6.07, 6.45) is 1.90. The summed E-state index contributed by atoms with van der Waals surface area (Å²) in [5, 5.41) is 11.7. The molecular formula is C21H33N7O2S. The number of hydrogen-bond acceptors (Lipinski definition) is 7. The molecule has 10 heteroatoms. The van der Waals surface area contributed by atoms with Crippen molar-refractivity contribution in [2.75, 3.05) is 47.0 Å². The van der Waals surface area contributed by atoms with Crippen LogP contribution in [0.5, 0.6) is 0 Å². The Morgan fingerprint density at radius 2 is 2.23 bits per heavy atom. The van der Waals surface area contributed by atoms with Crippen molar-refractivity contribution in [3.05, 3.63) is 33.5 Å². The first kappa shape index (κ1) is 22.2. The van der Waals surface area contributed by atoms with Gasteiger partial charge >= 0.3 is 0 Å². The molecule has 2 aliphatic heterocycles. The molecule has 1 fully saturated rings. The largest absolute Gasteiger partial charge is 0.379 e. The SMILES string of the molecule is CN=C(NCC(c1ccc(C)s1)N1CCOCC1)NC1CCc2nc(COC)nn2C1. The quantitative estimate of drug-likeness (QED) is 0.489. The summed E-state index contributed by atoms with van der Waals surface area (Å²) in [7, 11) is 3.50. The van der Waals surface area contributed by atoms with Gasteiger partial charge < -0.3 is 20.1 Å². The number of guanidine groups is 1. The minimum atomic E-state index is 0.265. The van der Waals surface area contributed by atoms with E-state index in [4.69, 9.17) is 9.47 Å². The molecule has 9 nitrogen and oxygen atoms in total. The third kappa shape index (κ3) is 5.62. The van der Waals surface area contributed by atoms with Crippen molar-refractivity contribution in [2.24, 2.45) is 4.99 Å². The van der Waals surface area contributed by atoms with Gasteiger partial charge in [0.05, 0.1) is 25.8 Å². The van der Waals surface area contributed by atoms with E-state index in [2.05, 4.69) is 49.7 Å². The van der Waals surface area contributed by atoms with Gasteiger partial charge in [-0.1, -0.05) is 0 Å². The molecule has 2 aromatic heterocycles. The number of rotatable bonds is 7. The maximum atomic E-state index is 5.57. The van der Waals surface area contributed by atoms with Crippen LogP contribution in [0.15, 0.2) is 17.1 Å². The number of ether oxygens (including phenoxy) is 2. The molecule has 2 unspecified atom stereocenters. The molecule has 4 rings (SSSR count). The van der Waals surface area contributed by atoms with Gasteiger partial charge in [-0.2, -0.15) is 5.10 Å². The molecular weight excluding hydrogens is 414 g/mol. The van der Waals surface area contributed by atoms with Crippen molar-refractivity contribution in [3.8, 4) is 0 Å². The average Bonchev–Trinajstić information content (AvgIpc) is 3.39. The average molecular weight is 448 g/mol. The number of hydrogen-bond donors (Lipinski definition) is 2. The van der Waals surface area contributed by atoms with Crippen LogP contribution in [-0.4, -0.2) is 78.7 Å². The highest BCUT2D eigenvalue weighted by atomic mass is 32.1. The zero-order valence-corrected chi connectivity index (χ0v) is 19.5. The van der Waals surface area contributed by atoms with Gasteiger partial charge in [0.15, 0.2) is 11.8 Å². The molecule has 170 valence electrons. The van der Waals surface area contributed by atoms with Crippen LogP contribution in [0.1, 0.15) is 33.9 Å². The first-order valence-corrected chi connectivity index (χ1v) is 11.7. The van der Waals surface area contributed by atoms with Crippen molar-refractivity contribution in [3.63, 3.8) is 0 Å². The highest BCUT2D eigenvalue weighted by Gasteiger charge is 2.26. The molecule has 0 amide bonds. The third-order valence-electron chi connectivity index (χ3n) is 5.78. The standard InChI is InChI=1S/C21H33N7O2S/c1-15-4-6-18(31-15)17(27-8-10-30-11-9-27)12-23-21(22-2)24-16-5-7-20-25-19(14-29-3)26-28(20)13-16/h4,6,16-17H,5,7-14H2,1-3H3,(H2,22,23,24). The highest BCUT2D eigenvalue weighted by molar-refractivity contribution is 7.12. The summed E-state index contributed by atoms with van der Waals surface area (Å²) in [4.78, 5) is 14.3. The van der Waals surface area contributed by atoms with Crippen LogP contribution in [0.4, 0.5) is 0 Å². The van der Waals surface area contributed by atoms with E-state index in [0.717, 1.165) is 69.8 Å². The van der Waals surface area contributed by atoms with Crippen LogP contribution in [0.25, 0.3) is 0 Å². The van der Waals surface area contributed by atoms with Crippen LogP contribution in [0, 0.1) is 6.92 Å². The topological polar surface area (TPSA) is 88.8 Å². The number of nitrogens with zero attached hydrogens (tertiary/aromatic N) is 5. The molecule has 0 spiro atoms. The second-order valence-electron chi connectivity index (χ2n) is 8.00. The van der Waals surface area contributed by atoms with Gasteiger partial charge in [-0.05, 0) is 25.5 Å². The first-order valence-electron chi connectivity index (χ1n) is 10.9. The van der Waals surface area contributed by atoms with Gasteiger partial charge in [-0.25, -0.2) is 9.67 Å². The molecule has 1 saturated heterocycles. The second kappa shape index (κ2) is 10.5. The molecule has 31 heavy (non-hydrogen) atoms. The van der Waals surface area contributed by atoms with E-state index < -0.39 is 0 Å². The number of aromatic nitrogens is 3. The number of nitrogens with one attached hydrogen (secondary N) is 2. The third-order valence-corrected chi connectivity index (χ3v) is 6.88. The zero-order valence-electron chi connectivity index (χ0n) is 18.6. The number of aliphatic imine (C=N–C) groups is 1. The normalized spacial score (nSPS) is 21.0. The predicted octanol–water partition coefficient (Wildman–Crippen LogP) is 1.35. The Bertz CT molecular complexity index is 875. The van der Waals surface area contributed by atoms with Crippen LogP contribution in [-0.2, 0) is 29.0 Å². The lowest BCUT2D eigenvalue weighted by Gasteiger charge is -2.34. The van der Waals surface area contributed by atoms with E-state index >= 15 is 0 Å². The van der Waals surface area contributed by atoms with E-state index in [1.54, 1.807) is 7.11 Å². The molecule has 2 aromatic rings. The predicted molar refractivity (Wildman–Crippen MR) is 122 cm³/mol. The Labute approximate surface area is 187 Å². The van der Waals surface area contributed by atoms with E-state index in [1.165, 1.54) is 9.75 Å². The molecule has 4 heterocycles. The minimum absolute atomic E-state index is 0.265. The molecule has 0 radical (unpaired) electrons. The Kier molecular flexibility index (Phi) is 7.54. The Hall–Kier alpha value is -2.01. The van der Waals surface area contributed by atoms with Gasteiger partial charge in [0.2, 0.25) is 0 Å². The highest BCUT2D eigenvalue weighted by Crippen LogP contribution is 2.28. The van der Waals surface area contributed by atoms with Gasteiger partial charge in [0.25, 0.3) is 0 Å². The van der Waals surface area contributed by atoms with E-state index in [9.17, 15) is 0 Å². The second-order valence-corrected chi connectivity index (χ2v) is 9.32. The number of thiophene rings is 1. The van der Waals surface area contributed by atoms with Crippen LogP contribution in [0.3, 0.4) is 0 Å². The van der Waals surface area contributed by atoms with Crippen molar-refractivity contribution in [1.29, 1.82) is 0 Å². The lowest BCUT2D eigenvalue weighted by Crippen LogP contribution is -2.50. The minimum Gasteiger partial charge on any atom is -0.379 e. The van der Waals surface area contributed by atoms with Crippen LogP contribution >= 0.6 is 11.3 Å². The maximum absolute atomic E-state index is 5.57. The first-order chi connectivity index (χ1) is 15.2. The lowest BCUT2D eigenvalue weighted by molar-refractivity contribution is 0.0177. The van der Waals surface area contributed by atoms with Crippen molar-refractivity contribution >= 4 is 17.3 Å². The lowest BCUT2D eigenvalue weighted by atomic mass is 10.1. The molecule has 2 aliphatic rings. The van der Waals surface area contributed by atoms with Gasteiger partial charge in [0, 0.05) is 56.0 Å². The molecule has 0 bridgehead atoms. The fraction of sp³-hybridized carbons (Fsp3) is 0.667. The Balaban J connectivity index is 1.36. The fourth-order valence-electron chi connectivity index (χ4n) is 4.18. The summed E-state index contributed by atoms with van der Waals surface area (Å²) in [6.45, 7) is 7.70. The summed E-state index contributed by atoms with van der Waals surface area (Å²) >= 11 is 1.87. The summed E-state index contributed by atoms with van der Waals surface area (Å²) in [6, 6.07) is 5.03. The van der Waals surface area contributed by atoms with Crippen LogP contribution < -0.4 is 10.6 Å². The number of aryl methyl sites for hydroxylation is 2. The molecule has 0 aliphatic carbocycles. The van der Waals surface area contributed by atoms with E-state index in [1.807, 2.05) is 23.1 Å². The van der Waals surface area contributed by atoms with Gasteiger partial charge in [-0.15, -0.1) is 11.3 Å². The molecule has 2 N–H and O–H groups in total. The Morgan fingerprint density at radius 3 is 2.94 bits per heavy atom. The number of fused-ring (bicyclic) bond motifs is 1. The zero-order chi connectivity index (χ0) is 21.6. The molecule has 0 saturated carbocycles. The van der Waals surface area contributed by atoms with Gasteiger partial charge in [-0.3, -0.25) is 9.89 Å². The van der Waals surface area contributed by atoms with Crippen molar-refractivity contribution < 1.29 is 9.47 Å². The summed E-state index contributed by atoms with van der Waals surface area (Å²) < 4.78 is 12.7. The Morgan fingerprint density at radius 1 is 1.39 bits per heavy atom. The van der Waals surface area contributed by atoms with Crippen molar-refractivity contribution in [2.45, 2.75) is 45.0 Å². The maximum Gasteiger partial charge on any atom is 0.191 e. The van der Waals surface area contributed by atoms with E-state index in [0.29, 0.717) is 12.6 Å². The fourth-order valence-corrected chi connectivity index (χ4v) is 5.19. The smallest absolute Gasteiger partial charge is 0.191 e.